The Morgan fingerprint density at radius 3 is 2.76 bits per heavy atom. The summed E-state index contributed by atoms with van der Waals surface area (Å²) in [5.74, 6) is -0.917. The zero-order valence-corrected chi connectivity index (χ0v) is 21.6. The lowest BCUT2D eigenvalue weighted by Gasteiger charge is -2.15. The van der Waals surface area contributed by atoms with Crippen molar-refractivity contribution in [2.75, 3.05) is 37.6 Å². The average molecular weight is 530 g/mol. The predicted molar refractivity (Wildman–Crippen MR) is 140 cm³/mol. The second-order valence-electron chi connectivity index (χ2n) is 8.35. The van der Waals surface area contributed by atoms with E-state index in [2.05, 4.69) is 16.0 Å². The number of carbonyl (C=O) groups is 2. The first-order valence-corrected chi connectivity index (χ1v) is 12.8. The molecule has 1 aliphatic carbocycles. The molecule has 12 heteroatoms. The summed E-state index contributed by atoms with van der Waals surface area (Å²) in [5, 5.41) is 28.2. The first kappa shape index (κ1) is 28.1. The molecule has 1 aromatic heterocycles. The number of methoxy groups -OCH3 is 1. The van der Waals surface area contributed by atoms with E-state index in [0.29, 0.717) is 42.0 Å². The van der Waals surface area contributed by atoms with E-state index < -0.39 is 18.1 Å². The predicted octanol–water partition coefficient (Wildman–Crippen LogP) is 0.0852. The highest BCUT2D eigenvalue weighted by molar-refractivity contribution is 7.07. The lowest BCUT2D eigenvalue weighted by atomic mass is 10.2. The van der Waals surface area contributed by atoms with Crippen LogP contribution in [0.5, 0.6) is 0 Å². The summed E-state index contributed by atoms with van der Waals surface area (Å²) in [6.07, 6.45) is 2.90. The van der Waals surface area contributed by atoms with Crippen molar-refractivity contribution in [3.8, 4) is 6.07 Å². The van der Waals surface area contributed by atoms with Crippen molar-refractivity contribution in [1.82, 2.24) is 9.88 Å². The zero-order valence-electron chi connectivity index (χ0n) is 20.8. The van der Waals surface area contributed by atoms with Crippen molar-refractivity contribution in [3.63, 3.8) is 0 Å². The van der Waals surface area contributed by atoms with Gasteiger partial charge in [-0.2, -0.15) is 5.26 Å². The minimum absolute atomic E-state index is 0.104. The van der Waals surface area contributed by atoms with Crippen LogP contribution >= 0.6 is 11.3 Å². The number of nitrogens with one attached hydrogen (secondary N) is 3. The van der Waals surface area contributed by atoms with E-state index in [4.69, 9.17) is 9.47 Å². The number of benzene rings is 1. The van der Waals surface area contributed by atoms with E-state index >= 15 is 0 Å². The van der Waals surface area contributed by atoms with Crippen LogP contribution in [0.15, 0.2) is 29.1 Å². The second-order valence-corrected chi connectivity index (χ2v) is 9.38. The van der Waals surface area contributed by atoms with Crippen LogP contribution < -0.4 is 30.7 Å². The van der Waals surface area contributed by atoms with E-state index in [0.717, 1.165) is 17.8 Å². The summed E-state index contributed by atoms with van der Waals surface area (Å²) >= 11 is 1.03. The molecule has 4 N–H and O–H groups in total. The maximum atomic E-state index is 13.0. The number of aromatic nitrogens is 1. The van der Waals surface area contributed by atoms with E-state index in [1.54, 1.807) is 38.3 Å². The SMILES string of the molecule is CCn1c(=C(C#N)C(=O)N[C@H]2CCC[C@@H]2O)sc(=CNc2cccc(NC(=O)COCCOC)c2)c1=O. The van der Waals surface area contributed by atoms with Gasteiger partial charge in [0, 0.05) is 31.2 Å². The lowest BCUT2D eigenvalue weighted by Crippen LogP contribution is -2.42. The van der Waals surface area contributed by atoms with Gasteiger partial charge in [-0.1, -0.05) is 6.07 Å². The number of nitrogens with zero attached hydrogens (tertiary/aromatic N) is 2. The number of aliphatic hydroxyl groups excluding tert-OH is 1. The number of anilines is 2. The van der Waals surface area contributed by atoms with Crippen molar-refractivity contribution < 1.29 is 24.2 Å². The molecule has 0 bridgehead atoms. The largest absolute Gasteiger partial charge is 0.391 e. The Morgan fingerprint density at radius 2 is 2.08 bits per heavy atom. The average Bonchev–Trinajstić information content (AvgIpc) is 3.43. The van der Waals surface area contributed by atoms with Crippen molar-refractivity contribution in [2.45, 2.75) is 44.9 Å². The van der Waals surface area contributed by atoms with Gasteiger partial charge in [0.2, 0.25) is 5.91 Å². The molecule has 0 spiro atoms. The Morgan fingerprint density at radius 1 is 1.30 bits per heavy atom. The number of thiazole rings is 1. The summed E-state index contributed by atoms with van der Waals surface area (Å²) in [4.78, 5) is 37.8. The molecule has 0 aliphatic heterocycles. The Balaban J connectivity index is 1.80. The van der Waals surface area contributed by atoms with E-state index in [1.165, 1.54) is 10.8 Å². The number of ether oxygens (including phenoxy) is 2. The van der Waals surface area contributed by atoms with Gasteiger partial charge in [0.05, 0.1) is 25.4 Å². The monoisotopic (exact) mass is 529 g/mol. The minimum Gasteiger partial charge on any atom is -0.391 e. The Hall–Kier alpha value is -3.50. The molecule has 1 aliphatic rings. The highest BCUT2D eigenvalue weighted by Crippen LogP contribution is 2.19. The molecule has 0 radical (unpaired) electrons. The standard InChI is InChI=1S/C25H31N5O6S/c1-3-30-24(34)21(37-25(30)18(13-26)23(33)29-19-8-5-9-20(19)31)14-27-16-6-4-7-17(12-16)28-22(32)15-36-11-10-35-2/h4,6-7,12,14,19-20,27,31H,3,5,8-11,15H2,1-2H3,(H,28,32)(H,29,33)/t19-,20-/m0/s1. The van der Waals surface area contributed by atoms with Crippen molar-refractivity contribution in [3.05, 3.63) is 43.8 Å². The van der Waals surface area contributed by atoms with Gasteiger partial charge in [-0.15, -0.1) is 11.3 Å². The normalized spacial score (nSPS) is 18.3. The molecule has 2 aromatic rings. The molecule has 1 aromatic carbocycles. The topological polar surface area (TPSA) is 155 Å². The third kappa shape index (κ3) is 7.50. The summed E-state index contributed by atoms with van der Waals surface area (Å²) in [6.45, 7) is 2.64. The quantitative estimate of drug-likeness (QED) is 0.299. The van der Waals surface area contributed by atoms with Crippen molar-refractivity contribution in [1.29, 1.82) is 5.26 Å². The summed E-state index contributed by atoms with van der Waals surface area (Å²) in [6, 6.07) is 8.44. The molecule has 2 atom stereocenters. The fourth-order valence-electron chi connectivity index (χ4n) is 3.88. The molecule has 1 saturated carbocycles. The Kier molecular flexibility index (Phi) is 10.4. The third-order valence-electron chi connectivity index (χ3n) is 5.75. The van der Waals surface area contributed by atoms with E-state index in [1.807, 2.05) is 6.07 Å². The molecule has 3 rings (SSSR count). The van der Waals surface area contributed by atoms with Crippen molar-refractivity contribution in [2.24, 2.45) is 0 Å². The molecule has 198 valence electrons. The van der Waals surface area contributed by atoms with Crippen LogP contribution in [0.1, 0.15) is 26.2 Å². The van der Waals surface area contributed by atoms with Crippen LogP contribution in [-0.2, 0) is 25.6 Å². The molecule has 1 heterocycles. The van der Waals surface area contributed by atoms with Gasteiger partial charge in [0.25, 0.3) is 11.5 Å². The molecule has 0 saturated heterocycles. The second kappa shape index (κ2) is 13.7. The van der Waals surface area contributed by atoms with Crippen LogP contribution in [0.4, 0.5) is 11.4 Å². The number of hydrogen-bond donors (Lipinski definition) is 4. The smallest absolute Gasteiger partial charge is 0.270 e. The van der Waals surface area contributed by atoms with Crippen molar-refractivity contribution >= 4 is 46.3 Å². The highest BCUT2D eigenvalue weighted by Gasteiger charge is 2.28. The molecule has 2 amide bonds. The van der Waals surface area contributed by atoms with Gasteiger partial charge < -0.3 is 30.5 Å². The molecule has 0 unspecified atom stereocenters. The summed E-state index contributed by atoms with van der Waals surface area (Å²) in [5.41, 5.74) is 0.657. The maximum Gasteiger partial charge on any atom is 0.270 e. The van der Waals surface area contributed by atoms with Gasteiger partial charge >= 0.3 is 0 Å². The van der Waals surface area contributed by atoms with Gasteiger partial charge in [-0.25, -0.2) is 0 Å². The third-order valence-corrected chi connectivity index (χ3v) is 6.88. The van der Waals surface area contributed by atoms with Crippen LogP contribution in [0.25, 0.3) is 11.8 Å². The number of nitriles is 1. The summed E-state index contributed by atoms with van der Waals surface area (Å²) in [7, 11) is 1.55. The van der Waals surface area contributed by atoms with Gasteiger partial charge in [-0.05, 0) is 44.4 Å². The zero-order chi connectivity index (χ0) is 26.8. The first-order chi connectivity index (χ1) is 17.9. The Bertz CT molecular complexity index is 1330. The highest BCUT2D eigenvalue weighted by atomic mass is 32.1. The van der Waals surface area contributed by atoms with Gasteiger partial charge in [0.15, 0.2) is 5.57 Å². The fraction of sp³-hybridized carbons (Fsp3) is 0.440. The number of hydrogen-bond acceptors (Lipinski definition) is 9. The number of amides is 2. The maximum absolute atomic E-state index is 13.0. The van der Waals surface area contributed by atoms with Gasteiger partial charge in [0.1, 0.15) is 21.9 Å². The van der Waals surface area contributed by atoms with E-state index in [9.17, 15) is 24.8 Å². The molecular formula is C25H31N5O6S. The number of rotatable bonds is 11. The molecule has 11 nitrogen and oxygen atoms in total. The summed E-state index contributed by atoms with van der Waals surface area (Å²) < 4.78 is 12.0. The lowest BCUT2D eigenvalue weighted by molar-refractivity contribution is -0.121. The number of aliphatic hydroxyl groups is 1. The minimum atomic E-state index is -0.641. The van der Waals surface area contributed by atoms with E-state index in [-0.39, 0.29) is 34.9 Å². The van der Waals surface area contributed by atoms with Crippen LogP contribution in [0.3, 0.4) is 0 Å². The fourth-order valence-corrected chi connectivity index (χ4v) is 4.96. The van der Waals surface area contributed by atoms with Gasteiger partial charge in [-0.3, -0.25) is 19.0 Å². The Labute approximate surface area is 218 Å². The number of carbonyl (C=O) groups excluding carboxylic acids is 2. The molecule has 1 fully saturated rings. The molecular weight excluding hydrogens is 498 g/mol. The van der Waals surface area contributed by atoms with Crippen LogP contribution in [0, 0.1) is 11.3 Å². The molecule has 37 heavy (non-hydrogen) atoms. The van der Waals surface area contributed by atoms with Crippen LogP contribution in [0.2, 0.25) is 0 Å². The first-order valence-electron chi connectivity index (χ1n) is 11.9. The van der Waals surface area contributed by atoms with Crippen LogP contribution in [-0.4, -0.2) is 60.6 Å².